The summed E-state index contributed by atoms with van der Waals surface area (Å²) in [4.78, 5) is 11.4. The monoisotopic (exact) mass is 356 g/mol. The fourth-order valence-electron chi connectivity index (χ4n) is 3.24. The van der Waals surface area contributed by atoms with Crippen LogP contribution in [0.1, 0.15) is 31.2 Å². The molecule has 0 spiro atoms. The largest absolute Gasteiger partial charge is 0.493 e. The molecule has 2 heterocycles. The van der Waals surface area contributed by atoms with Gasteiger partial charge in [0.15, 0.2) is 11.5 Å². The van der Waals surface area contributed by atoms with Crippen LogP contribution < -0.4 is 19.7 Å². The van der Waals surface area contributed by atoms with Crippen LogP contribution in [0.4, 0.5) is 11.8 Å². The summed E-state index contributed by atoms with van der Waals surface area (Å²) in [5.74, 6) is 3.22. The van der Waals surface area contributed by atoms with Crippen LogP contribution >= 0.6 is 0 Å². The van der Waals surface area contributed by atoms with E-state index >= 15 is 0 Å². The van der Waals surface area contributed by atoms with E-state index in [4.69, 9.17) is 9.47 Å². The lowest BCUT2D eigenvalue weighted by Gasteiger charge is -2.20. The van der Waals surface area contributed by atoms with Crippen molar-refractivity contribution in [3.05, 3.63) is 36.0 Å². The van der Waals surface area contributed by atoms with Gasteiger partial charge in [0.1, 0.15) is 5.82 Å². The summed E-state index contributed by atoms with van der Waals surface area (Å²) in [6, 6.07) is 7.95. The molecule has 1 N–H and O–H groups in total. The first-order valence-corrected chi connectivity index (χ1v) is 9.33. The van der Waals surface area contributed by atoms with E-state index in [0.717, 1.165) is 49.3 Å². The Kier molecular flexibility index (Phi) is 6.52. The van der Waals surface area contributed by atoms with Crippen LogP contribution in [-0.4, -0.2) is 43.8 Å². The molecule has 6 heteroatoms. The summed E-state index contributed by atoms with van der Waals surface area (Å²) >= 11 is 0. The van der Waals surface area contributed by atoms with Crippen LogP contribution in [0, 0.1) is 0 Å². The first-order chi connectivity index (χ1) is 12.8. The van der Waals surface area contributed by atoms with Crippen molar-refractivity contribution in [2.45, 2.75) is 32.1 Å². The lowest BCUT2D eigenvalue weighted by molar-refractivity contribution is 0.354. The molecule has 1 aromatic carbocycles. The highest BCUT2D eigenvalue weighted by atomic mass is 16.5. The number of rotatable bonds is 7. The van der Waals surface area contributed by atoms with Crippen molar-refractivity contribution < 1.29 is 9.47 Å². The Labute approximate surface area is 155 Å². The summed E-state index contributed by atoms with van der Waals surface area (Å²) in [5.41, 5.74) is 1.19. The Bertz CT molecular complexity index is 700. The molecule has 0 saturated carbocycles. The normalized spacial score (nSPS) is 14.6. The standard InChI is InChI=1S/C20H28N4O2/c1-25-17-8-7-16(15-18(17)26-2)9-11-21-19-10-12-22-20(23-19)24-13-5-3-4-6-14-24/h7-8,10,12,15H,3-6,9,11,13-14H2,1-2H3,(H,21,22,23). The summed E-state index contributed by atoms with van der Waals surface area (Å²) < 4.78 is 10.6. The summed E-state index contributed by atoms with van der Waals surface area (Å²) in [6.45, 7) is 2.90. The summed E-state index contributed by atoms with van der Waals surface area (Å²) in [6.07, 6.45) is 7.77. The van der Waals surface area contributed by atoms with Crippen molar-refractivity contribution in [3.8, 4) is 11.5 Å². The van der Waals surface area contributed by atoms with E-state index in [2.05, 4.69) is 26.3 Å². The molecule has 2 aromatic rings. The molecule has 1 fully saturated rings. The molecule has 0 bridgehead atoms. The lowest BCUT2D eigenvalue weighted by atomic mass is 10.1. The second kappa shape index (κ2) is 9.27. The second-order valence-electron chi connectivity index (χ2n) is 6.51. The fraction of sp³-hybridized carbons (Fsp3) is 0.500. The minimum Gasteiger partial charge on any atom is -0.493 e. The highest BCUT2D eigenvalue weighted by Gasteiger charge is 2.12. The Morgan fingerprint density at radius 2 is 1.77 bits per heavy atom. The molecule has 3 rings (SSSR count). The summed E-state index contributed by atoms with van der Waals surface area (Å²) in [7, 11) is 3.31. The number of hydrogen-bond acceptors (Lipinski definition) is 6. The van der Waals surface area contributed by atoms with Crippen LogP contribution in [0.3, 0.4) is 0 Å². The van der Waals surface area contributed by atoms with Gasteiger partial charge in [0.25, 0.3) is 0 Å². The van der Waals surface area contributed by atoms with E-state index in [1.807, 2.05) is 24.4 Å². The number of aromatic nitrogens is 2. The quantitative estimate of drug-likeness (QED) is 0.819. The molecule has 1 saturated heterocycles. The number of ether oxygens (including phenoxy) is 2. The van der Waals surface area contributed by atoms with Crippen LogP contribution in [-0.2, 0) is 6.42 Å². The average Bonchev–Trinajstić information content (AvgIpc) is 2.97. The molecule has 0 unspecified atom stereocenters. The van der Waals surface area contributed by atoms with Gasteiger partial charge in [0, 0.05) is 25.8 Å². The predicted octanol–water partition coefficient (Wildman–Crippen LogP) is 3.53. The maximum Gasteiger partial charge on any atom is 0.227 e. The van der Waals surface area contributed by atoms with Crippen molar-refractivity contribution in [2.75, 3.05) is 44.1 Å². The van der Waals surface area contributed by atoms with Crippen LogP contribution in [0.25, 0.3) is 0 Å². The number of anilines is 2. The maximum absolute atomic E-state index is 5.36. The van der Waals surface area contributed by atoms with Crippen molar-refractivity contribution in [2.24, 2.45) is 0 Å². The minimum atomic E-state index is 0.752. The van der Waals surface area contributed by atoms with Gasteiger partial charge in [-0.3, -0.25) is 0 Å². The van der Waals surface area contributed by atoms with E-state index in [1.165, 1.54) is 31.2 Å². The average molecular weight is 356 g/mol. The third-order valence-corrected chi connectivity index (χ3v) is 4.70. The molecular weight excluding hydrogens is 328 g/mol. The molecule has 0 aliphatic carbocycles. The van der Waals surface area contributed by atoms with Crippen molar-refractivity contribution >= 4 is 11.8 Å². The number of methoxy groups -OCH3 is 2. The molecular formula is C20H28N4O2. The highest BCUT2D eigenvalue weighted by Crippen LogP contribution is 2.27. The number of nitrogens with zero attached hydrogens (tertiary/aromatic N) is 3. The molecule has 0 amide bonds. The first-order valence-electron chi connectivity index (χ1n) is 9.33. The first kappa shape index (κ1) is 18.3. The van der Waals surface area contributed by atoms with E-state index < -0.39 is 0 Å². The topological polar surface area (TPSA) is 59.5 Å². The molecule has 1 aromatic heterocycles. The van der Waals surface area contributed by atoms with Crippen LogP contribution in [0.5, 0.6) is 11.5 Å². The number of hydrogen-bond donors (Lipinski definition) is 1. The van der Waals surface area contributed by atoms with E-state index in [0.29, 0.717) is 0 Å². The van der Waals surface area contributed by atoms with Gasteiger partial charge in [-0.2, -0.15) is 4.98 Å². The Morgan fingerprint density at radius 3 is 2.50 bits per heavy atom. The van der Waals surface area contributed by atoms with Crippen molar-refractivity contribution in [3.63, 3.8) is 0 Å². The smallest absolute Gasteiger partial charge is 0.227 e. The van der Waals surface area contributed by atoms with Crippen molar-refractivity contribution in [1.82, 2.24) is 9.97 Å². The van der Waals surface area contributed by atoms with Crippen LogP contribution in [0.2, 0.25) is 0 Å². The third kappa shape index (κ3) is 4.77. The van der Waals surface area contributed by atoms with Gasteiger partial charge >= 0.3 is 0 Å². The number of nitrogens with one attached hydrogen (secondary N) is 1. The predicted molar refractivity (Wildman–Crippen MR) is 104 cm³/mol. The zero-order valence-corrected chi connectivity index (χ0v) is 15.7. The van der Waals surface area contributed by atoms with Gasteiger partial charge < -0.3 is 19.7 Å². The Morgan fingerprint density at radius 1 is 1.00 bits per heavy atom. The van der Waals surface area contributed by atoms with Gasteiger partial charge in [0.05, 0.1) is 14.2 Å². The van der Waals surface area contributed by atoms with E-state index in [-0.39, 0.29) is 0 Å². The van der Waals surface area contributed by atoms with Gasteiger partial charge in [-0.05, 0) is 43.0 Å². The molecule has 0 atom stereocenters. The van der Waals surface area contributed by atoms with Crippen LogP contribution in [0.15, 0.2) is 30.5 Å². The lowest BCUT2D eigenvalue weighted by Crippen LogP contribution is -2.26. The number of benzene rings is 1. The Balaban J connectivity index is 1.57. The zero-order valence-electron chi connectivity index (χ0n) is 15.7. The molecule has 6 nitrogen and oxygen atoms in total. The third-order valence-electron chi connectivity index (χ3n) is 4.70. The minimum absolute atomic E-state index is 0.752. The zero-order chi connectivity index (χ0) is 18.2. The van der Waals surface area contributed by atoms with E-state index in [1.54, 1.807) is 14.2 Å². The van der Waals surface area contributed by atoms with Crippen molar-refractivity contribution in [1.29, 1.82) is 0 Å². The molecule has 140 valence electrons. The highest BCUT2D eigenvalue weighted by molar-refractivity contribution is 5.44. The van der Waals surface area contributed by atoms with Gasteiger partial charge in [-0.25, -0.2) is 4.98 Å². The van der Waals surface area contributed by atoms with Gasteiger partial charge in [0.2, 0.25) is 5.95 Å². The molecule has 1 aliphatic heterocycles. The maximum atomic E-state index is 5.36. The van der Waals surface area contributed by atoms with Gasteiger partial charge in [-0.15, -0.1) is 0 Å². The summed E-state index contributed by atoms with van der Waals surface area (Å²) in [5, 5.41) is 3.40. The molecule has 0 radical (unpaired) electrons. The fourth-order valence-corrected chi connectivity index (χ4v) is 3.24. The van der Waals surface area contributed by atoms with E-state index in [9.17, 15) is 0 Å². The SMILES string of the molecule is COc1ccc(CCNc2ccnc(N3CCCCCC3)n2)cc1OC. The Hall–Kier alpha value is -2.50. The van der Waals surface area contributed by atoms with Gasteiger partial charge in [-0.1, -0.05) is 18.9 Å². The molecule has 1 aliphatic rings. The second-order valence-corrected chi connectivity index (χ2v) is 6.51. The molecule has 26 heavy (non-hydrogen) atoms.